The van der Waals surface area contributed by atoms with Crippen LogP contribution in [0.4, 0.5) is 0 Å². The molecule has 0 aliphatic carbocycles. The minimum atomic E-state index is -1.16. The minimum Gasteiger partial charge on any atom is -0.545 e. The van der Waals surface area contributed by atoms with Crippen LogP contribution < -0.4 is 5.11 Å². The van der Waals surface area contributed by atoms with Crippen molar-refractivity contribution in [2.24, 2.45) is 0 Å². The number of unbranched alkanes of at least 4 members (excludes halogenated alkanes) is 9. The number of hydrogen-bond donors (Lipinski definition) is 0. The summed E-state index contributed by atoms with van der Waals surface area (Å²) in [4.78, 5) is 10.1. The van der Waals surface area contributed by atoms with Gasteiger partial charge in [0, 0.05) is 0 Å². The van der Waals surface area contributed by atoms with Gasteiger partial charge in [-0.1, -0.05) is 88.7 Å². The summed E-state index contributed by atoms with van der Waals surface area (Å²) in [7, 11) is 0. The van der Waals surface area contributed by atoms with Gasteiger partial charge in [-0.25, -0.2) is 0 Å². The lowest BCUT2D eigenvalue weighted by atomic mass is 10.1. The van der Waals surface area contributed by atoms with E-state index in [2.05, 4.69) is 13.0 Å². The maximum atomic E-state index is 10.1. The molecule has 0 saturated heterocycles. The zero-order chi connectivity index (χ0) is 14.9. The highest BCUT2D eigenvalue weighted by Crippen LogP contribution is 2.10. The smallest absolute Gasteiger partial charge is 0.0642 e. The summed E-state index contributed by atoms with van der Waals surface area (Å²) in [5.74, 6) is -1.16. The molecule has 0 aliphatic rings. The first kappa shape index (κ1) is 18.7. The van der Waals surface area contributed by atoms with Gasteiger partial charge in [-0.2, -0.15) is 0 Å². The van der Waals surface area contributed by atoms with Gasteiger partial charge in [0.05, 0.1) is 5.97 Å². The average molecular weight is 277 g/mol. The normalized spacial score (nSPS) is 12.1. The minimum absolute atomic E-state index is 1.02. The van der Waals surface area contributed by atoms with Crippen LogP contribution in [0.5, 0.6) is 0 Å². The number of hydrogen-bond acceptors (Lipinski definition) is 2. The van der Waals surface area contributed by atoms with E-state index in [1.165, 1.54) is 63.9 Å². The molecule has 114 valence electrons. The number of aliphatic carboxylic acids is 1. The Labute approximate surface area is 124 Å². The fraction of sp³-hybridized carbons (Fsp3) is 0.611. The van der Waals surface area contributed by atoms with E-state index in [0.717, 1.165) is 12.5 Å². The number of carbonyl (C=O) groups excluding carboxylic acids is 1. The third-order valence-electron chi connectivity index (χ3n) is 3.18. The number of carbonyl (C=O) groups is 1. The molecule has 0 radical (unpaired) electrons. The van der Waals surface area contributed by atoms with Gasteiger partial charge in [0.1, 0.15) is 0 Å². The molecule has 2 heteroatoms. The highest BCUT2D eigenvalue weighted by Gasteiger charge is 1.90. The monoisotopic (exact) mass is 277 g/mol. The fourth-order valence-corrected chi connectivity index (χ4v) is 2.01. The molecule has 0 saturated carbocycles. The lowest BCUT2D eigenvalue weighted by molar-refractivity contribution is -0.297. The van der Waals surface area contributed by atoms with Crippen LogP contribution in [0, 0.1) is 0 Å². The topological polar surface area (TPSA) is 40.1 Å². The summed E-state index contributed by atoms with van der Waals surface area (Å²) in [6, 6.07) is 0. The predicted octanol–water partition coefficient (Wildman–Crippen LogP) is 4.33. The van der Waals surface area contributed by atoms with Crippen molar-refractivity contribution in [3.05, 3.63) is 36.5 Å². The molecular formula is C18H29O2-. The van der Waals surface area contributed by atoms with E-state index in [1.54, 1.807) is 6.08 Å². The molecule has 0 spiro atoms. The third kappa shape index (κ3) is 16.7. The van der Waals surface area contributed by atoms with E-state index in [4.69, 9.17) is 0 Å². The van der Waals surface area contributed by atoms with E-state index in [0.29, 0.717) is 0 Å². The average Bonchev–Trinajstić information content (AvgIpc) is 2.43. The first-order valence-corrected chi connectivity index (χ1v) is 7.98. The standard InChI is InChI=1S/C18H30O2/c1-2-3-4-5-6-7-8-9-10-11-12-13-14-15-16-17-18(19)20/h12-17H,2-11H2,1H3,(H,19,20)/p-1/b13-12+,15-14+,17-16+. The maximum Gasteiger partial charge on any atom is 0.0642 e. The number of carboxylic acid groups (broad SMARTS) is 1. The van der Waals surface area contributed by atoms with Crippen molar-refractivity contribution in [2.75, 3.05) is 0 Å². The molecule has 0 aromatic carbocycles. The second-order valence-corrected chi connectivity index (χ2v) is 5.11. The zero-order valence-electron chi connectivity index (χ0n) is 12.9. The number of allylic oxidation sites excluding steroid dienone is 5. The molecule has 0 aromatic heterocycles. The van der Waals surface area contributed by atoms with Crippen LogP contribution in [0.25, 0.3) is 0 Å². The van der Waals surface area contributed by atoms with Crippen LogP contribution in [-0.2, 0) is 4.79 Å². The van der Waals surface area contributed by atoms with Crippen LogP contribution in [-0.4, -0.2) is 5.97 Å². The van der Waals surface area contributed by atoms with E-state index >= 15 is 0 Å². The van der Waals surface area contributed by atoms with Crippen molar-refractivity contribution in [2.45, 2.75) is 71.1 Å². The Balaban J connectivity index is 3.25. The van der Waals surface area contributed by atoms with Gasteiger partial charge in [-0.15, -0.1) is 0 Å². The Morgan fingerprint density at radius 1 is 0.800 bits per heavy atom. The summed E-state index contributed by atoms with van der Waals surface area (Å²) in [5, 5.41) is 10.1. The summed E-state index contributed by atoms with van der Waals surface area (Å²) in [6.07, 6.45) is 23.4. The molecule has 0 fully saturated rings. The van der Waals surface area contributed by atoms with Crippen LogP contribution in [0.1, 0.15) is 71.1 Å². The SMILES string of the molecule is CCCCCCCCCCC/C=C/C=C/C=C/C(=O)[O-]. The van der Waals surface area contributed by atoms with Crippen molar-refractivity contribution >= 4 is 5.97 Å². The number of rotatable bonds is 13. The summed E-state index contributed by atoms with van der Waals surface area (Å²) < 4.78 is 0. The van der Waals surface area contributed by atoms with E-state index in [-0.39, 0.29) is 0 Å². The molecule has 0 aromatic rings. The van der Waals surface area contributed by atoms with Crippen LogP contribution in [0.3, 0.4) is 0 Å². The van der Waals surface area contributed by atoms with Gasteiger partial charge in [0.25, 0.3) is 0 Å². The maximum absolute atomic E-state index is 10.1. The van der Waals surface area contributed by atoms with Crippen molar-refractivity contribution < 1.29 is 9.90 Å². The first-order valence-electron chi connectivity index (χ1n) is 7.98. The van der Waals surface area contributed by atoms with E-state index < -0.39 is 5.97 Å². The molecule has 0 bridgehead atoms. The van der Waals surface area contributed by atoms with Crippen molar-refractivity contribution in [1.29, 1.82) is 0 Å². The van der Waals surface area contributed by atoms with Crippen LogP contribution >= 0.6 is 0 Å². The van der Waals surface area contributed by atoms with Crippen molar-refractivity contribution in [3.63, 3.8) is 0 Å². The zero-order valence-corrected chi connectivity index (χ0v) is 12.9. The highest BCUT2D eigenvalue weighted by atomic mass is 16.4. The van der Waals surface area contributed by atoms with Gasteiger partial charge >= 0.3 is 0 Å². The van der Waals surface area contributed by atoms with Crippen LogP contribution in [0.15, 0.2) is 36.5 Å². The van der Waals surface area contributed by atoms with Gasteiger partial charge in [-0.3, -0.25) is 0 Å². The molecule has 0 unspecified atom stereocenters. The molecular weight excluding hydrogens is 248 g/mol. The summed E-state index contributed by atoms with van der Waals surface area (Å²) in [6.45, 7) is 2.25. The molecule has 2 nitrogen and oxygen atoms in total. The Morgan fingerprint density at radius 2 is 1.35 bits per heavy atom. The van der Waals surface area contributed by atoms with Crippen molar-refractivity contribution in [3.8, 4) is 0 Å². The van der Waals surface area contributed by atoms with Gasteiger partial charge < -0.3 is 9.90 Å². The quantitative estimate of drug-likeness (QED) is 0.286. The van der Waals surface area contributed by atoms with Gasteiger partial charge in [-0.05, 0) is 18.9 Å². The Bertz CT molecular complexity index is 301. The summed E-state index contributed by atoms with van der Waals surface area (Å²) >= 11 is 0. The molecule has 20 heavy (non-hydrogen) atoms. The molecule has 0 N–H and O–H groups in total. The van der Waals surface area contributed by atoms with E-state index in [1.807, 2.05) is 12.2 Å². The Morgan fingerprint density at radius 3 is 1.95 bits per heavy atom. The third-order valence-corrected chi connectivity index (χ3v) is 3.18. The highest BCUT2D eigenvalue weighted by molar-refractivity contribution is 5.77. The molecule has 0 amide bonds. The van der Waals surface area contributed by atoms with Gasteiger partial charge in [0.15, 0.2) is 0 Å². The predicted molar refractivity (Wildman–Crippen MR) is 84.3 cm³/mol. The second kappa shape index (κ2) is 15.7. The fourth-order valence-electron chi connectivity index (χ4n) is 2.01. The van der Waals surface area contributed by atoms with Gasteiger partial charge in [0.2, 0.25) is 0 Å². The van der Waals surface area contributed by atoms with Crippen molar-refractivity contribution in [1.82, 2.24) is 0 Å². The molecule has 0 heterocycles. The first-order chi connectivity index (χ1) is 9.77. The van der Waals surface area contributed by atoms with Crippen LogP contribution in [0.2, 0.25) is 0 Å². The molecule has 0 atom stereocenters. The molecule has 0 aliphatic heterocycles. The molecule has 0 rings (SSSR count). The lowest BCUT2D eigenvalue weighted by Crippen LogP contribution is -2.18. The Kier molecular flexibility index (Phi) is 14.7. The lowest BCUT2D eigenvalue weighted by Gasteiger charge is -2.00. The second-order valence-electron chi connectivity index (χ2n) is 5.11. The summed E-state index contributed by atoms with van der Waals surface area (Å²) in [5.41, 5.74) is 0. The Hall–Kier alpha value is -1.31. The van der Waals surface area contributed by atoms with E-state index in [9.17, 15) is 9.90 Å². The largest absolute Gasteiger partial charge is 0.545 e. The number of carboxylic acids is 1.